The van der Waals surface area contributed by atoms with Gasteiger partial charge in [-0.25, -0.2) is 14.8 Å². The van der Waals surface area contributed by atoms with Crippen LogP contribution < -0.4 is 14.7 Å². The molecule has 0 bridgehead atoms. The number of rotatable bonds is 6. The van der Waals surface area contributed by atoms with Gasteiger partial charge in [-0.15, -0.1) is 11.3 Å². The molecule has 2 fully saturated rings. The van der Waals surface area contributed by atoms with Crippen LogP contribution in [0.3, 0.4) is 0 Å². The summed E-state index contributed by atoms with van der Waals surface area (Å²) in [6.07, 6.45) is 1.21. The average molecular weight is 684 g/mol. The molecule has 0 spiro atoms. The number of ether oxygens (including phenoxy) is 2. The second-order valence-electron chi connectivity index (χ2n) is 12.4. The highest BCUT2D eigenvalue weighted by Gasteiger charge is 2.61. The van der Waals surface area contributed by atoms with Crippen molar-refractivity contribution in [3.63, 3.8) is 0 Å². The summed E-state index contributed by atoms with van der Waals surface area (Å²) in [7, 11) is 1.31. The van der Waals surface area contributed by atoms with E-state index in [-0.39, 0.29) is 16.9 Å². The summed E-state index contributed by atoms with van der Waals surface area (Å²) in [5, 5.41) is 12.5. The average Bonchev–Trinajstić information content (AvgIpc) is 3.64. The van der Waals surface area contributed by atoms with Crippen LogP contribution in [0.5, 0.6) is 11.5 Å². The van der Waals surface area contributed by atoms with E-state index in [9.17, 15) is 19.5 Å². The second-order valence-corrected chi connectivity index (χ2v) is 14.4. The molecule has 2 aromatic carbocycles. The van der Waals surface area contributed by atoms with Crippen molar-refractivity contribution in [3.8, 4) is 11.5 Å². The summed E-state index contributed by atoms with van der Waals surface area (Å²) in [6.45, 7) is 8.76. The van der Waals surface area contributed by atoms with E-state index in [2.05, 4.69) is 36.7 Å². The van der Waals surface area contributed by atoms with Crippen molar-refractivity contribution >= 4 is 55.7 Å². The van der Waals surface area contributed by atoms with Gasteiger partial charge in [-0.1, -0.05) is 39.0 Å². The Labute approximate surface area is 268 Å². The fourth-order valence-electron chi connectivity index (χ4n) is 6.56. The van der Waals surface area contributed by atoms with Gasteiger partial charge in [-0.05, 0) is 88.8 Å². The van der Waals surface area contributed by atoms with Crippen molar-refractivity contribution in [2.24, 2.45) is 17.3 Å². The first-order chi connectivity index (χ1) is 21.0. The van der Waals surface area contributed by atoms with Crippen LogP contribution in [0.25, 0.3) is 0 Å². The number of hydrogen-bond acceptors (Lipinski definition) is 9. The third-order valence-corrected chi connectivity index (χ3v) is 10.7. The van der Waals surface area contributed by atoms with Gasteiger partial charge in [0, 0.05) is 4.88 Å². The molecular weight excluding hydrogens is 648 g/mol. The van der Waals surface area contributed by atoms with Crippen LogP contribution >= 0.6 is 27.3 Å². The Balaban J connectivity index is 1.45. The zero-order valence-electron chi connectivity index (χ0n) is 25.3. The number of carbonyl (C=O) groups is 3. The maximum atomic E-state index is 14.5. The second kappa shape index (κ2) is 11.5. The molecule has 4 atom stereocenters. The van der Waals surface area contributed by atoms with E-state index in [1.807, 2.05) is 37.3 Å². The molecule has 11 heteroatoms. The van der Waals surface area contributed by atoms with Crippen molar-refractivity contribution in [1.82, 2.24) is 0 Å². The number of esters is 1. The smallest absolute Gasteiger partial charge is 0.341 e. The van der Waals surface area contributed by atoms with E-state index >= 15 is 0 Å². The van der Waals surface area contributed by atoms with Crippen LogP contribution in [0.1, 0.15) is 66.5 Å². The Hall–Kier alpha value is -3.41. The van der Waals surface area contributed by atoms with Crippen LogP contribution in [0.2, 0.25) is 0 Å². The Bertz CT molecular complexity index is 1630. The number of hydrogen-bond donors (Lipinski definition) is 1. The molecule has 2 amide bonds. The number of halogens is 1. The van der Waals surface area contributed by atoms with Crippen molar-refractivity contribution < 1.29 is 33.8 Å². The lowest BCUT2D eigenvalue weighted by Crippen LogP contribution is -2.37. The van der Waals surface area contributed by atoms with E-state index in [0.717, 1.165) is 28.2 Å². The summed E-state index contributed by atoms with van der Waals surface area (Å²) in [4.78, 5) is 50.3. The minimum Gasteiger partial charge on any atom is -0.503 e. The highest BCUT2D eigenvalue weighted by molar-refractivity contribution is 9.10. The lowest BCUT2D eigenvalue weighted by atomic mass is 9.72. The number of para-hydroxylation sites is 1. The number of benzene rings is 2. The highest BCUT2D eigenvalue weighted by atomic mass is 79.9. The monoisotopic (exact) mass is 682 g/mol. The first kappa shape index (κ1) is 30.6. The quantitative estimate of drug-likeness (QED) is 0.229. The van der Waals surface area contributed by atoms with Gasteiger partial charge < -0.3 is 14.6 Å². The van der Waals surface area contributed by atoms with E-state index < -0.39 is 35.8 Å². The SMILES string of the molecule is CCOc1cc([C@H]2[C@@H]3C(=O)N(c4sc5c(c4C(=O)OC)CC[C@H](C(C)(C)C)C5)C(=O)[C@@H]3ON2c2ccccc2)cc(Br)c1O. The fourth-order valence-corrected chi connectivity index (χ4v) is 8.45. The van der Waals surface area contributed by atoms with E-state index in [0.29, 0.717) is 45.2 Å². The van der Waals surface area contributed by atoms with Gasteiger partial charge in [0.05, 0.1) is 35.5 Å². The van der Waals surface area contributed by atoms with Crippen LogP contribution in [-0.2, 0) is 32.0 Å². The maximum Gasteiger partial charge on any atom is 0.341 e. The molecule has 1 N–H and O–H groups in total. The molecule has 3 aromatic rings. The number of amides is 2. The molecule has 0 radical (unpaired) electrons. The first-order valence-corrected chi connectivity index (χ1v) is 16.3. The number of phenolic OH excluding ortho intramolecular Hbond substituents is 1. The lowest BCUT2D eigenvalue weighted by Gasteiger charge is -2.33. The third kappa shape index (κ3) is 4.98. The molecule has 1 aromatic heterocycles. The van der Waals surface area contributed by atoms with Gasteiger partial charge in [0.1, 0.15) is 10.9 Å². The van der Waals surface area contributed by atoms with Crippen molar-refractivity contribution in [1.29, 1.82) is 0 Å². The minimum atomic E-state index is -1.12. The molecule has 2 aliphatic heterocycles. The number of hydroxylamine groups is 1. The van der Waals surface area contributed by atoms with E-state index in [1.165, 1.54) is 18.4 Å². The zero-order chi connectivity index (χ0) is 31.5. The number of carbonyl (C=O) groups excluding carboxylic acids is 3. The number of thiophene rings is 1. The van der Waals surface area contributed by atoms with Crippen LogP contribution in [-0.4, -0.2) is 42.7 Å². The molecule has 0 unspecified atom stereocenters. The van der Waals surface area contributed by atoms with Crippen molar-refractivity contribution in [2.45, 2.75) is 59.1 Å². The fraction of sp³-hybridized carbons (Fsp3) is 0.424. The van der Waals surface area contributed by atoms with E-state index in [4.69, 9.17) is 14.3 Å². The molecule has 9 nitrogen and oxygen atoms in total. The summed E-state index contributed by atoms with van der Waals surface area (Å²) in [5.74, 6) is -1.89. The van der Waals surface area contributed by atoms with E-state index in [1.54, 1.807) is 17.2 Å². The van der Waals surface area contributed by atoms with Gasteiger partial charge in [0.25, 0.3) is 5.91 Å². The minimum absolute atomic E-state index is 0.0618. The predicted molar refractivity (Wildman–Crippen MR) is 170 cm³/mol. The van der Waals surface area contributed by atoms with Gasteiger partial charge in [-0.3, -0.25) is 14.4 Å². The van der Waals surface area contributed by atoms with Gasteiger partial charge in [0.15, 0.2) is 17.6 Å². The van der Waals surface area contributed by atoms with Crippen molar-refractivity contribution in [2.75, 3.05) is 23.7 Å². The Kier molecular flexibility index (Phi) is 8.00. The normalized spacial score (nSPS) is 23.1. The number of aromatic hydroxyl groups is 1. The lowest BCUT2D eigenvalue weighted by molar-refractivity contribution is -0.126. The molecule has 1 aliphatic carbocycles. The number of fused-ring (bicyclic) bond motifs is 2. The molecule has 3 heterocycles. The Morgan fingerprint density at radius 2 is 1.89 bits per heavy atom. The van der Waals surface area contributed by atoms with Gasteiger partial charge in [0.2, 0.25) is 5.91 Å². The molecule has 3 aliphatic rings. The van der Waals surface area contributed by atoms with Crippen LogP contribution in [0.4, 0.5) is 10.7 Å². The summed E-state index contributed by atoms with van der Waals surface area (Å²) in [6, 6.07) is 11.9. The standard InChI is InChI=1S/C33H35BrN2O7S/c1-6-42-22-15-17(14-21(34)27(22)37)26-25-28(43-36(26)19-10-8-7-9-11-19)30(39)35(29(25)38)31-24(32(40)41-5)20-13-12-18(33(2,3)4)16-23(20)44-31/h7-11,14-15,18,25-26,28,37H,6,12-13,16H2,1-5H3/t18-,25-,26-,28+/m0/s1. The number of nitrogens with zero attached hydrogens (tertiary/aromatic N) is 2. The molecular formula is C33H35BrN2O7S. The number of methoxy groups -OCH3 is 1. The van der Waals surface area contributed by atoms with Gasteiger partial charge in [-0.2, -0.15) is 0 Å². The number of phenols is 1. The van der Waals surface area contributed by atoms with Crippen molar-refractivity contribution in [3.05, 3.63) is 68.5 Å². The Morgan fingerprint density at radius 1 is 1.16 bits per heavy atom. The number of imide groups is 1. The zero-order valence-corrected chi connectivity index (χ0v) is 27.7. The molecule has 44 heavy (non-hydrogen) atoms. The summed E-state index contributed by atoms with van der Waals surface area (Å²) < 4.78 is 11.3. The summed E-state index contributed by atoms with van der Waals surface area (Å²) >= 11 is 4.75. The Morgan fingerprint density at radius 3 is 2.55 bits per heavy atom. The highest BCUT2D eigenvalue weighted by Crippen LogP contribution is 2.52. The molecule has 6 rings (SSSR count). The predicted octanol–water partition coefficient (Wildman–Crippen LogP) is 6.60. The summed E-state index contributed by atoms with van der Waals surface area (Å²) in [5.41, 5.74) is 2.51. The van der Waals surface area contributed by atoms with Crippen LogP contribution in [0, 0.1) is 17.3 Å². The molecule has 0 saturated carbocycles. The first-order valence-electron chi connectivity index (χ1n) is 14.7. The maximum absolute atomic E-state index is 14.5. The largest absolute Gasteiger partial charge is 0.503 e. The van der Waals surface area contributed by atoms with Gasteiger partial charge >= 0.3 is 5.97 Å². The van der Waals surface area contributed by atoms with Crippen LogP contribution in [0.15, 0.2) is 46.9 Å². The third-order valence-electron chi connectivity index (χ3n) is 8.88. The number of anilines is 2. The molecule has 2 saturated heterocycles. The topological polar surface area (TPSA) is 106 Å². The molecule has 232 valence electrons.